The predicted octanol–water partition coefficient (Wildman–Crippen LogP) is 2.33. The second-order valence-corrected chi connectivity index (χ2v) is 6.21. The highest BCUT2D eigenvalue weighted by Crippen LogP contribution is 2.32. The van der Waals surface area contributed by atoms with E-state index >= 15 is 0 Å². The molecule has 106 valence electrons. The maximum Gasteiger partial charge on any atom is 0.323 e. The van der Waals surface area contributed by atoms with Crippen LogP contribution in [0, 0.1) is 5.92 Å². The van der Waals surface area contributed by atoms with Crippen molar-refractivity contribution in [2.24, 2.45) is 5.92 Å². The van der Waals surface area contributed by atoms with Crippen LogP contribution in [0.15, 0.2) is 6.20 Å². The Morgan fingerprint density at radius 3 is 3.05 bits per heavy atom. The Bertz CT molecular complexity index is 431. The van der Waals surface area contributed by atoms with E-state index in [2.05, 4.69) is 17.2 Å². The average molecular weight is 283 g/mol. The first kappa shape index (κ1) is 14.3. The second-order valence-electron chi connectivity index (χ2n) is 5.10. The van der Waals surface area contributed by atoms with Crippen molar-refractivity contribution in [1.29, 1.82) is 0 Å². The summed E-state index contributed by atoms with van der Waals surface area (Å²) in [7, 11) is 1.70. The van der Waals surface area contributed by atoms with Gasteiger partial charge in [-0.1, -0.05) is 13.3 Å². The third kappa shape index (κ3) is 4.18. The molecule has 0 aliphatic heterocycles. The van der Waals surface area contributed by atoms with Crippen LogP contribution in [0.1, 0.15) is 31.1 Å². The Labute approximate surface area is 117 Å². The van der Waals surface area contributed by atoms with Gasteiger partial charge >= 0.3 is 6.03 Å². The molecule has 0 saturated heterocycles. The molecular weight excluding hydrogens is 262 g/mol. The zero-order valence-corrected chi connectivity index (χ0v) is 12.2. The number of hydrogen-bond acceptors (Lipinski definition) is 4. The van der Waals surface area contributed by atoms with Gasteiger partial charge in [-0.2, -0.15) is 0 Å². The largest absolute Gasteiger partial charge is 0.391 e. The van der Waals surface area contributed by atoms with Crippen molar-refractivity contribution < 1.29 is 9.90 Å². The number of amides is 2. The number of urea groups is 1. The first-order chi connectivity index (χ1) is 9.10. The van der Waals surface area contributed by atoms with Crippen LogP contribution in [-0.2, 0) is 6.42 Å². The van der Waals surface area contributed by atoms with E-state index in [0.29, 0.717) is 17.6 Å². The monoisotopic (exact) mass is 283 g/mol. The normalized spacial score (nSPS) is 16.2. The molecule has 0 radical (unpaired) electrons. The smallest absolute Gasteiger partial charge is 0.323 e. The van der Waals surface area contributed by atoms with Gasteiger partial charge in [-0.15, -0.1) is 11.3 Å². The molecule has 1 aromatic heterocycles. The average Bonchev–Trinajstić information content (AvgIpc) is 3.13. The van der Waals surface area contributed by atoms with E-state index in [1.165, 1.54) is 21.1 Å². The highest BCUT2D eigenvalue weighted by Gasteiger charge is 2.31. The summed E-state index contributed by atoms with van der Waals surface area (Å²) in [5.41, 5.74) is 0. The van der Waals surface area contributed by atoms with Crippen molar-refractivity contribution in [2.75, 3.05) is 18.9 Å². The lowest BCUT2D eigenvalue weighted by atomic mass is 10.2. The van der Waals surface area contributed by atoms with Gasteiger partial charge in [0, 0.05) is 24.7 Å². The lowest BCUT2D eigenvalue weighted by Gasteiger charge is -2.20. The Balaban J connectivity index is 1.81. The van der Waals surface area contributed by atoms with Gasteiger partial charge in [0.1, 0.15) is 0 Å². The number of anilines is 1. The van der Waals surface area contributed by atoms with Crippen LogP contribution in [0.4, 0.5) is 9.93 Å². The minimum Gasteiger partial charge on any atom is -0.391 e. The van der Waals surface area contributed by atoms with Crippen molar-refractivity contribution in [2.45, 2.75) is 38.7 Å². The maximum absolute atomic E-state index is 11.9. The number of rotatable bonds is 6. The van der Waals surface area contributed by atoms with Gasteiger partial charge in [-0.3, -0.25) is 5.32 Å². The van der Waals surface area contributed by atoms with Crippen LogP contribution in [0.3, 0.4) is 0 Å². The first-order valence-corrected chi connectivity index (χ1v) is 7.56. The van der Waals surface area contributed by atoms with Crippen LogP contribution in [0.25, 0.3) is 0 Å². The summed E-state index contributed by atoms with van der Waals surface area (Å²) in [4.78, 5) is 18.8. The molecule has 5 nitrogen and oxygen atoms in total. The molecule has 1 aliphatic carbocycles. The molecule has 1 heterocycles. The highest BCUT2D eigenvalue weighted by molar-refractivity contribution is 7.15. The Kier molecular flexibility index (Phi) is 4.76. The summed E-state index contributed by atoms with van der Waals surface area (Å²) in [5.74, 6) is 0.381. The van der Waals surface area contributed by atoms with Crippen LogP contribution in [0.5, 0.6) is 0 Å². The lowest BCUT2D eigenvalue weighted by Crippen LogP contribution is -2.37. The zero-order chi connectivity index (χ0) is 13.8. The molecule has 6 heteroatoms. The number of aliphatic hydroxyl groups is 1. The molecular formula is C13H21N3O2S. The zero-order valence-electron chi connectivity index (χ0n) is 11.4. The summed E-state index contributed by atoms with van der Waals surface area (Å²) >= 11 is 1.51. The third-order valence-electron chi connectivity index (χ3n) is 3.24. The quantitative estimate of drug-likeness (QED) is 0.842. The fraction of sp³-hybridized carbons (Fsp3) is 0.692. The van der Waals surface area contributed by atoms with E-state index in [9.17, 15) is 9.90 Å². The number of aryl methyl sites for hydroxylation is 1. The number of likely N-dealkylation sites (N-methyl/N-ethyl adjacent to an activating group) is 1. The van der Waals surface area contributed by atoms with E-state index in [0.717, 1.165) is 25.7 Å². The highest BCUT2D eigenvalue weighted by atomic mass is 32.1. The third-order valence-corrected chi connectivity index (χ3v) is 4.21. The molecule has 1 aromatic rings. The number of thiazole rings is 1. The fourth-order valence-electron chi connectivity index (χ4n) is 1.91. The molecule has 1 aliphatic rings. The van der Waals surface area contributed by atoms with Crippen molar-refractivity contribution in [1.82, 2.24) is 9.88 Å². The Morgan fingerprint density at radius 2 is 2.42 bits per heavy atom. The van der Waals surface area contributed by atoms with E-state index in [4.69, 9.17) is 0 Å². The summed E-state index contributed by atoms with van der Waals surface area (Å²) in [6.45, 7) is 2.49. The van der Waals surface area contributed by atoms with E-state index < -0.39 is 6.10 Å². The number of hydrogen-bond donors (Lipinski definition) is 2. The molecule has 2 rings (SSSR count). The molecule has 19 heavy (non-hydrogen) atoms. The van der Waals surface area contributed by atoms with Gasteiger partial charge in [0.2, 0.25) is 0 Å². The number of nitrogens with one attached hydrogen (secondary N) is 1. The van der Waals surface area contributed by atoms with Crippen LogP contribution in [0.2, 0.25) is 0 Å². The Morgan fingerprint density at radius 1 is 1.68 bits per heavy atom. The number of aliphatic hydroxyl groups excluding tert-OH is 1. The molecule has 1 saturated carbocycles. The van der Waals surface area contributed by atoms with Crippen LogP contribution in [-0.4, -0.2) is 40.7 Å². The minimum atomic E-state index is -0.400. The van der Waals surface area contributed by atoms with Crippen molar-refractivity contribution in [3.8, 4) is 0 Å². The number of carbonyl (C=O) groups is 1. The molecule has 0 bridgehead atoms. The number of nitrogens with zero attached hydrogens (tertiary/aromatic N) is 2. The summed E-state index contributed by atoms with van der Waals surface area (Å²) in [6, 6.07) is -0.211. The second kappa shape index (κ2) is 6.34. The number of carbonyl (C=O) groups excluding carboxylic acids is 1. The van der Waals surface area contributed by atoms with Crippen LogP contribution < -0.4 is 5.32 Å². The van der Waals surface area contributed by atoms with Gasteiger partial charge in [0.25, 0.3) is 0 Å². The molecule has 1 unspecified atom stereocenters. The summed E-state index contributed by atoms with van der Waals surface area (Å²) < 4.78 is 0. The summed E-state index contributed by atoms with van der Waals surface area (Å²) in [5, 5.41) is 13.2. The summed E-state index contributed by atoms with van der Waals surface area (Å²) in [6.07, 6.45) is 5.62. The van der Waals surface area contributed by atoms with Gasteiger partial charge in [-0.05, 0) is 25.2 Å². The molecule has 2 amide bonds. The number of aromatic nitrogens is 1. The molecule has 0 spiro atoms. The predicted molar refractivity (Wildman–Crippen MR) is 76.5 cm³/mol. The maximum atomic E-state index is 11.9. The van der Waals surface area contributed by atoms with Crippen molar-refractivity contribution in [3.05, 3.63) is 11.1 Å². The van der Waals surface area contributed by atoms with Crippen LogP contribution >= 0.6 is 11.3 Å². The van der Waals surface area contributed by atoms with E-state index in [-0.39, 0.29) is 6.03 Å². The van der Waals surface area contributed by atoms with Gasteiger partial charge in [0.05, 0.1) is 6.10 Å². The first-order valence-electron chi connectivity index (χ1n) is 6.75. The fourth-order valence-corrected chi connectivity index (χ4v) is 2.81. The minimum absolute atomic E-state index is 0.211. The van der Waals surface area contributed by atoms with Crippen molar-refractivity contribution >= 4 is 22.5 Å². The topological polar surface area (TPSA) is 65.5 Å². The van der Waals surface area contributed by atoms with E-state index in [1.807, 2.05) is 6.20 Å². The molecule has 0 aromatic carbocycles. The molecule has 1 atom stereocenters. The molecule has 2 N–H and O–H groups in total. The van der Waals surface area contributed by atoms with Gasteiger partial charge in [-0.25, -0.2) is 9.78 Å². The lowest BCUT2D eigenvalue weighted by molar-refractivity contribution is 0.117. The SMILES string of the molecule is CCCc1cnc(NC(=O)N(C)CC(O)C2CC2)s1. The van der Waals surface area contributed by atoms with Gasteiger partial charge < -0.3 is 10.0 Å². The molecule has 1 fully saturated rings. The van der Waals surface area contributed by atoms with Gasteiger partial charge in [0.15, 0.2) is 5.13 Å². The van der Waals surface area contributed by atoms with E-state index in [1.54, 1.807) is 7.05 Å². The van der Waals surface area contributed by atoms with Crippen molar-refractivity contribution in [3.63, 3.8) is 0 Å². The Hall–Kier alpha value is -1.14. The standard InChI is InChI=1S/C13H21N3O2S/c1-3-4-10-7-14-12(19-10)15-13(18)16(2)8-11(17)9-5-6-9/h7,9,11,17H,3-6,8H2,1-2H3,(H,14,15,18).